The van der Waals surface area contributed by atoms with E-state index in [0.717, 1.165) is 12.0 Å². The quantitative estimate of drug-likeness (QED) is 0.885. The maximum atomic E-state index is 12.8. The molecule has 0 saturated heterocycles. The molecule has 7 nitrogen and oxygen atoms in total. The van der Waals surface area contributed by atoms with E-state index in [-0.39, 0.29) is 12.6 Å². The SMILES string of the molecule is O=C(O)C1CCCC(N(C(=O)OCc2ccccc2)c2cnccn2)C1. The minimum Gasteiger partial charge on any atom is -0.481 e. The van der Waals surface area contributed by atoms with Crippen LogP contribution in [0, 0.1) is 5.92 Å². The highest BCUT2D eigenvalue weighted by atomic mass is 16.6. The van der Waals surface area contributed by atoms with E-state index >= 15 is 0 Å². The highest BCUT2D eigenvalue weighted by molar-refractivity contribution is 5.87. The molecule has 0 bridgehead atoms. The van der Waals surface area contributed by atoms with Crippen molar-refractivity contribution in [2.24, 2.45) is 5.92 Å². The van der Waals surface area contributed by atoms with E-state index in [1.54, 1.807) is 0 Å². The van der Waals surface area contributed by atoms with E-state index in [1.807, 2.05) is 30.3 Å². The number of rotatable bonds is 5. The summed E-state index contributed by atoms with van der Waals surface area (Å²) in [6.07, 6.45) is 6.44. The second-order valence-corrected chi connectivity index (χ2v) is 6.33. The zero-order valence-electron chi connectivity index (χ0n) is 14.3. The molecule has 7 heteroatoms. The van der Waals surface area contributed by atoms with Gasteiger partial charge in [0.05, 0.1) is 12.1 Å². The van der Waals surface area contributed by atoms with Crippen LogP contribution in [0.2, 0.25) is 0 Å². The molecule has 1 fully saturated rings. The minimum atomic E-state index is -0.827. The number of carbonyl (C=O) groups excluding carboxylic acids is 1. The van der Waals surface area contributed by atoms with E-state index in [9.17, 15) is 14.7 Å². The lowest BCUT2D eigenvalue weighted by Crippen LogP contribution is -2.45. The lowest BCUT2D eigenvalue weighted by Gasteiger charge is -2.34. The molecule has 0 radical (unpaired) electrons. The van der Waals surface area contributed by atoms with Crippen molar-refractivity contribution in [3.8, 4) is 0 Å². The van der Waals surface area contributed by atoms with E-state index in [2.05, 4.69) is 9.97 Å². The molecule has 2 aromatic rings. The van der Waals surface area contributed by atoms with Crippen LogP contribution in [0.25, 0.3) is 0 Å². The molecule has 0 spiro atoms. The summed E-state index contributed by atoms with van der Waals surface area (Å²) in [4.78, 5) is 33.9. The average molecular weight is 355 g/mol. The summed E-state index contributed by atoms with van der Waals surface area (Å²) in [5, 5.41) is 9.34. The van der Waals surface area contributed by atoms with Crippen LogP contribution in [-0.2, 0) is 16.1 Å². The van der Waals surface area contributed by atoms with E-state index in [0.29, 0.717) is 25.1 Å². The summed E-state index contributed by atoms with van der Waals surface area (Å²) < 4.78 is 5.47. The average Bonchev–Trinajstić information content (AvgIpc) is 2.68. The number of carbonyl (C=O) groups is 2. The van der Waals surface area contributed by atoms with Crippen LogP contribution in [0.5, 0.6) is 0 Å². The highest BCUT2D eigenvalue weighted by Gasteiger charge is 2.35. The minimum absolute atomic E-state index is 0.144. The van der Waals surface area contributed by atoms with Crippen LogP contribution in [0.1, 0.15) is 31.2 Å². The van der Waals surface area contributed by atoms with Gasteiger partial charge in [0.15, 0.2) is 5.82 Å². The summed E-state index contributed by atoms with van der Waals surface area (Å²) in [6.45, 7) is 0.144. The zero-order valence-corrected chi connectivity index (χ0v) is 14.3. The van der Waals surface area contributed by atoms with E-state index < -0.39 is 18.0 Å². The Morgan fingerprint density at radius 3 is 2.69 bits per heavy atom. The van der Waals surface area contributed by atoms with E-state index in [1.165, 1.54) is 23.5 Å². The monoisotopic (exact) mass is 355 g/mol. The van der Waals surface area contributed by atoms with Crippen molar-refractivity contribution in [2.75, 3.05) is 4.90 Å². The van der Waals surface area contributed by atoms with Gasteiger partial charge in [-0.3, -0.25) is 14.7 Å². The molecule has 1 amide bonds. The van der Waals surface area contributed by atoms with Crippen molar-refractivity contribution < 1.29 is 19.4 Å². The van der Waals surface area contributed by atoms with Gasteiger partial charge in [0, 0.05) is 18.4 Å². The van der Waals surface area contributed by atoms with E-state index in [4.69, 9.17) is 4.74 Å². The normalized spacial score (nSPS) is 19.5. The molecular formula is C19H21N3O4. The highest BCUT2D eigenvalue weighted by Crippen LogP contribution is 2.30. The fraction of sp³-hybridized carbons (Fsp3) is 0.368. The standard InChI is InChI=1S/C19H21N3O4/c23-18(24)15-7-4-8-16(11-15)22(17-12-20-9-10-21-17)19(25)26-13-14-5-2-1-3-6-14/h1-3,5-6,9-10,12,15-16H,4,7-8,11,13H2,(H,23,24). The number of aliphatic carboxylic acids is 1. The Labute approximate surface area is 151 Å². The van der Waals surface area contributed by atoms with Crippen LogP contribution in [0.15, 0.2) is 48.9 Å². The third-order valence-corrected chi connectivity index (χ3v) is 4.56. The third kappa shape index (κ3) is 4.36. The number of nitrogens with zero attached hydrogens (tertiary/aromatic N) is 3. The van der Waals surface area contributed by atoms with Gasteiger partial charge in [-0.05, 0) is 24.8 Å². The van der Waals surface area contributed by atoms with Crippen LogP contribution in [0.4, 0.5) is 10.6 Å². The van der Waals surface area contributed by atoms with Crippen molar-refractivity contribution in [2.45, 2.75) is 38.3 Å². The maximum absolute atomic E-state index is 12.8. The number of ether oxygens (including phenoxy) is 1. The molecule has 1 N–H and O–H groups in total. The van der Waals surface area contributed by atoms with Crippen molar-refractivity contribution in [3.05, 3.63) is 54.5 Å². The molecule has 1 aromatic heterocycles. The predicted molar refractivity (Wildman–Crippen MR) is 94.5 cm³/mol. The first kappa shape index (κ1) is 17.8. The summed E-state index contributed by atoms with van der Waals surface area (Å²) in [6, 6.07) is 9.13. The number of benzene rings is 1. The topological polar surface area (TPSA) is 92.6 Å². The van der Waals surface area contributed by atoms with Crippen LogP contribution in [0.3, 0.4) is 0 Å². The Balaban J connectivity index is 1.77. The number of hydrogen-bond acceptors (Lipinski definition) is 5. The molecule has 3 rings (SSSR count). The lowest BCUT2D eigenvalue weighted by molar-refractivity contribution is -0.142. The first-order valence-corrected chi connectivity index (χ1v) is 8.64. The van der Waals surface area contributed by atoms with Gasteiger partial charge >= 0.3 is 12.1 Å². The Kier molecular flexibility index (Phi) is 5.78. The van der Waals surface area contributed by atoms with Crippen molar-refractivity contribution in [3.63, 3.8) is 0 Å². The number of hydrogen-bond donors (Lipinski definition) is 1. The van der Waals surface area contributed by atoms with Crippen molar-refractivity contribution in [1.82, 2.24) is 9.97 Å². The number of carboxylic acid groups (broad SMARTS) is 1. The van der Waals surface area contributed by atoms with Crippen LogP contribution >= 0.6 is 0 Å². The molecule has 1 heterocycles. The largest absolute Gasteiger partial charge is 0.481 e. The Bertz CT molecular complexity index is 739. The lowest BCUT2D eigenvalue weighted by atomic mass is 9.85. The molecular weight excluding hydrogens is 334 g/mol. The number of aromatic nitrogens is 2. The maximum Gasteiger partial charge on any atom is 0.416 e. The summed E-state index contributed by atoms with van der Waals surface area (Å²) in [5.74, 6) is -0.914. The van der Waals surface area contributed by atoms with Gasteiger partial charge in [-0.2, -0.15) is 0 Å². The van der Waals surface area contributed by atoms with Gasteiger partial charge in [0.2, 0.25) is 0 Å². The molecule has 1 aliphatic rings. The van der Waals surface area contributed by atoms with Gasteiger partial charge in [0.25, 0.3) is 0 Å². The molecule has 2 atom stereocenters. The molecule has 1 aromatic carbocycles. The number of carboxylic acids is 1. The Morgan fingerprint density at radius 2 is 2.00 bits per heavy atom. The van der Waals surface area contributed by atoms with Gasteiger partial charge < -0.3 is 9.84 Å². The first-order chi connectivity index (χ1) is 12.6. The van der Waals surface area contributed by atoms with Crippen molar-refractivity contribution >= 4 is 17.9 Å². The summed E-state index contributed by atoms with van der Waals surface area (Å²) >= 11 is 0. The zero-order chi connectivity index (χ0) is 18.4. The second kappa shape index (κ2) is 8.42. The molecule has 1 aliphatic carbocycles. The summed E-state index contributed by atoms with van der Waals surface area (Å²) in [7, 11) is 0. The van der Waals surface area contributed by atoms with Crippen molar-refractivity contribution in [1.29, 1.82) is 0 Å². The Morgan fingerprint density at radius 1 is 1.19 bits per heavy atom. The van der Waals surface area contributed by atoms with Gasteiger partial charge in [-0.25, -0.2) is 9.78 Å². The first-order valence-electron chi connectivity index (χ1n) is 8.64. The second-order valence-electron chi connectivity index (χ2n) is 6.33. The van der Waals surface area contributed by atoms with Crippen LogP contribution < -0.4 is 4.90 Å². The van der Waals surface area contributed by atoms with Gasteiger partial charge in [-0.15, -0.1) is 0 Å². The molecule has 26 heavy (non-hydrogen) atoms. The molecule has 136 valence electrons. The van der Waals surface area contributed by atoms with Gasteiger partial charge in [-0.1, -0.05) is 36.8 Å². The molecule has 0 aliphatic heterocycles. The van der Waals surface area contributed by atoms with Crippen LogP contribution in [-0.4, -0.2) is 33.2 Å². The molecule has 1 saturated carbocycles. The summed E-state index contributed by atoms with van der Waals surface area (Å²) in [5.41, 5.74) is 0.881. The Hall–Kier alpha value is -2.96. The smallest absolute Gasteiger partial charge is 0.416 e. The number of amides is 1. The van der Waals surface area contributed by atoms with Gasteiger partial charge in [0.1, 0.15) is 6.61 Å². The predicted octanol–water partition coefficient (Wildman–Crippen LogP) is 3.26. The fourth-order valence-corrected chi connectivity index (χ4v) is 3.26. The molecule has 2 unspecified atom stereocenters. The third-order valence-electron chi connectivity index (χ3n) is 4.56. The number of anilines is 1. The fourth-order valence-electron chi connectivity index (χ4n) is 3.26.